The molecule has 1 atom stereocenters. The summed E-state index contributed by atoms with van der Waals surface area (Å²) in [5.41, 5.74) is 5.28. The van der Waals surface area contributed by atoms with Crippen LogP contribution in [0.1, 0.15) is 12.0 Å². The van der Waals surface area contributed by atoms with E-state index in [1.807, 2.05) is 49.0 Å². The van der Waals surface area contributed by atoms with Crippen LogP contribution < -0.4 is 21.3 Å². The van der Waals surface area contributed by atoms with E-state index in [-0.39, 0.29) is 12.3 Å². The first-order chi connectivity index (χ1) is 15.9. The zero-order valence-corrected chi connectivity index (χ0v) is 18.0. The molecule has 11 heteroatoms. The van der Waals surface area contributed by atoms with Crippen molar-refractivity contribution in [3.05, 3.63) is 42.2 Å². The summed E-state index contributed by atoms with van der Waals surface area (Å²) < 4.78 is 1.97. The number of H-pyrrole nitrogens is 1. The minimum Gasteiger partial charge on any atom is -0.371 e. The van der Waals surface area contributed by atoms with Gasteiger partial charge in [0.2, 0.25) is 5.91 Å². The van der Waals surface area contributed by atoms with E-state index in [0.717, 1.165) is 38.9 Å². The van der Waals surface area contributed by atoms with Crippen LogP contribution in [0.4, 0.5) is 10.6 Å². The second kappa shape index (κ2) is 7.93. The van der Waals surface area contributed by atoms with Gasteiger partial charge >= 0.3 is 6.03 Å². The number of carbonyl (C=O) groups excluding carboxylic acids is 3. The summed E-state index contributed by atoms with van der Waals surface area (Å²) in [7, 11) is 3.77. The van der Waals surface area contributed by atoms with Crippen molar-refractivity contribution in [3.8, 4) is 11.3 Å². The molecule has 0 radical (unpaired) electrons. The average molecular weight is 446 g/mol. The number of carbonyl (C=O) groups is 3. The van der Waals surface area contributed by atoms with Gasteiger partial charge in [0.05, 0.1) is 18.3 Å². The molecule has 4 amide bonds. The second-order valence-corrected chi connectivity index (χ2v) is 7.90. The lowest BCUT2D eigenvalue weighted by molar-refractivity contribution is -0.126. The Balaban J connectivity index is 1.36. The Bertz CT molecular complexity index is 1420. The van der Waals surface area contributed by atoms with Gasteiger partial charge in [-0.2, -0.15) is 0 Å². The predicted octanol–water partition coefficient (Wildman–Crippen LogP) is 1.37. The molecule has 11 nitrogen and oxygen atoms in total. The van der Waals surface area contributed by atoms with E-state index < -0.39 is 18.0 Å². The molecule has 4 heterocycles. The molecule has 1 unspecified atom stereocenters. The maximum Gasteiger partial charge on any atom is 0.322 e. The number of urea groups is 1. The number of anilines is 1. The largest absolute Gasteiger partial charge is 0.371 e. The fourth-order valence-electron chi connectivity index (χ4n) is 4.04. The first-order valence-corrected chi connectivity index (χ1v) is 10.4. The average Bonchev–Trinajstić information content (AvgIpc) is 3.48. The molecule has 5 N–H and O–H groups in total. The zero-order valence-electron chi connectivity index (χ0n) is 18.0. The fourth-order valence-corrected chi connectivity index (χ4v) is 4.04. The van der Waals surface area contributed by atoms with E-state index in [2.05, 4.69) is 36.2 Å². The molecule has 1 aliphatic heterocycles. The number of imidazole rings is 1. The number of aryl methyl sites for hydroxylation is 1. The molecule has 5 rings (SSSR count). The monoisotopic (exact) mass is 446 g/mol. The lowest BCUT2D eigenvalue weighted by Crippen LogP contribution is -2.36. The van der Waals surface area contributed by atoms with Crippen LogP contribution in [0.5, 0.6) is 0 Å². The molecule has 0 saturated carbocycles. The fraction of sp³-hybridized carbons (Fsp3) is 0.227. The maximum atomic E-state index is 12.2. The van der Waals surface area contributed by atoms with E-state index in [9.17, 15) is 14.4 Å². The highest BCUT2D eigenvalue weighted by molar-refractivity contribution is 6.07. The Labute approximate surface area is 188 Å². The van der Waals surface area contributed by atoms with E-state index >= 15 is 0 Å². The highest BCUT2D eigenvalue weighted by atomic mass is 16.2. The van der Waals surface area contributed by atoms with Crippen molar-refractivity contribution in [2.75, 3.05) is 12.4 Å². The third-order valence-corrected chi connectivity index (χ3v) is 5.65. The van der Waals surface area contributed by atoms with E-state index in [1.54, 1.807) is 6.33 Å². The first kappa shape index (κ1) is 20.5. The number of fused-ring (bicyclic) bond motifs is 3. The molecule has 0 spiro atoms. The SMILES string of the molecule is CNc1nc2[nH]c(-c3cccc(CNC(=O)CC4NC(=O)NC4=O)c3)cc2c2c1ncn2C. The van der Waals surface area contributed by atoms with Gasteiger partial charge in [0.25, 0.3) is 5.91 Å². The molecule has 1 saturated heterocycles. The zero-order chi connectivity index (χ0) is 23.1. The van der Waals surface area contributed by atoms with Crippen LogP contribution in [0.3, 0.4) is 0 Å². The van der Waals surface area contributed by atoms with Gasteiger partial charge in [-0.15, -0.1) is 0 Å². The van der Waals surface area contributed by atoms with Gasteiger partial charge in [-0.1, -0.05) is 18.2 Å². The molecule has 4 aromatic rings. The Morgan fingerprint density at radius 1 is 1.24 bits per heavy atom. The lowest BCUT2D eigenvalue weighted by atomic mass is 10.1. The topological polar surface area (TPSA) is 146 Å². The summed E-state index contributed by atoms with van der Waals surface area (Å²) >= 11 is 0. The summed E-state index contributed by atoms with van der Waals surface area (Å²) in [6.07, 6.45) is 1.66. The molecule has 0 aliphatic carbocycles. The van der Waals surface area contributed by atoms with E-state index in [1.165, 1.54) is 0 Å². The Morgan fingerprint density at radius 3 is 2.85 bits per heavy atom. The van der Waals surface area contributed by atoms with Gasteiger partial charge in [0.15, 0.2) is 5.82 Å². The van der Waals surface area contributed by atoms with Gasteiger partial charge in [-0.3, -0.25) is 14.9 Å². The number of amides is 4. The number of aromatic nitrogens is 4. The number of hydrogen-bond acceptors (Lipinski definition) is 6. The van der Waals surface area contributed by atoms with Crippen LogP contribution in [-0.4, -0.2) is 50.5 Å². The molecule has 1 aromatic carbocycles. The van der Waals surface area contributed by atoms with Gasteiger partial charge in [0.1, 0.15) is 17.2 Å². The van der Waals surface area contributed by atoms with Crippen LogP contribution in [0, 0.1) is 0 Å². The molecular weight excluding hydrogens is 424 g/mol. The van der Waals surface area contributed by atoms with Crippen molar-refractivity contribution < 1.29 is 14.4 Å². The summed E-state index contributed by atoms with van der Waals surface area (Å²) in [5.74, 6) is -0.112. The van der Waals surface area contributed by atoms with Crippen molar-refractivity contribution >= 4 is 45.7 Å². The van der Waals surface area contributed by atoms with Crippen LogP contribution >= 0.6 is 0 Å². The smallest absolute Gasteiger partial charge is 0.322 e. The highest BCUT2D eigenvalue weighted by Crippen LogP contribution is 2.31. The molecule has 1 fully saturated rings. The maximum absolute atomic E-state index is 12.2. The quantitative estimate of drug-likeness (QED) is 0.283. The van der Waals surface area contributed by atoms with Gasteiger partial charge in [-0.05, 0) is 23.3 Å². The number of aromatic amines is 1. The molecule has 1 aliphatic rings. The third-order valence-electron chi connectivity index (χ3n) is 5.65. The molecular formula is C22H22N8O3. The van der Waals surface area contributed by atoms with Gasteiger partial charge in [-0.25, -0.2) is 14.8 Å². The Morgan fingerprint density at radius 2 is 2.09 bits per heavy atom. The standard InChI is InChI=1S/C22H22N8O3/c1-23-20-17-18(30(2)10-25-17)13-7-14(26-19(13)28-20)12-5-3-4-11(6-12)9-24-16(31)8-15-21(32)29-22(33)27-15/h3-7,10,15H,8-9H2,1-2H3,(H,24,31)(H2,23,26,28)(H2,27,29,32,33). The predicted molar refractivity (Wildman–Crippen MR) is 122 cm³/mol. The second-order valence-electron chi connectivity index (χ2n) is 7.90. The van der Waals surface area contributed by atoms with Crippen molar-refractivity contribution in [1.29, 1.82) is 0 Å². The molecule has 33 heavy (non-hydrogen) atoms. The third kappa shape index (κ3) is 3.73. The van der Waals surface area contributed by atoms with Crippen LogP contribution in [0.2, 0.25) is 0 Å². The molecule has 3 aromatic heterocycles. The number of nitrogens with one attached hydrogen (secondary N) is 5. The van der Waals surface area contributed by atoms with E-state index in [4.69, 9.17) is 0 Å². The van der Waals surface area contributed by atoms with Crippen molar-refractivity contribution in [1.82, 2.24) is 35.5 Å². The van der Waals surface area contributed by atoms with Crippen molar-refractivity contribution in [2.24, 2.45) is 7.05 Å². The summed E-state index contributed by atoms with van der Waals surface area (Å²) in [4.78, 5) is 47.5. The normalized spacial score (nSPS) is 15.6. The van der Waals surface area contributed by atoms with Gasteiger partial charge in [0, 0.05) is 31.7 Å². The van der Waals surface area contributed by atoms with E-state index in [0.29, 0.717) is 12.4 Å². The van der Waals surface area contributed by atoms with Crippen LogP contribution in [0.15, 0.2) is 36.7 Å². The number of imide groups is 1. The summed E-state index contributed by atoms with van der Waals surface area (Å²) in [6.45, 7) is 0.295. The summed E-state index contributed by atoms with van der Waals surface area (Å²) in [6, 6.07) is 8.41. The molecule has 0 bridgehead atoms. The van der Waals surface area contributed by atoms with Crippen LogP contribution in [0.25, 0.3) is 33.3 Å². The highest BCUT2D eigenvalue weighted by Gasteiger charge is 2.31. The number of hydrogen-bond donors (Lipinski definition) is 5. The number of benzene rings is 1. The molecule has 168 valence electrons. The lowest BCUT2D eigenvalue weighted by Gasteiger charge is -2.09. The Hall–Kier alpha value is -4.41. The number of rotatable bonds is 6. The number of pyridine rings is 1. The van der Waals surface area contributed by atoms with Gasteiger partial charge < -0.3 is 25.5 Å². The van der Waals surface area contributed by atoms with Crippen molar-refractivity contribution in [3.63, 3.8) is 0 Å². The van der Waals surface area contributed by atoms with Crippen LogP contribution in [-0.2, 0) is 23.2 Å². The first-order valence-electron chi connectivity index (χ1n) is 10.4. The number of nitrogens with zero attached hydrogens (tertiary/aromatic N) is 3. The van der Waals surface area contributed by atoms with Crippen molar-refractivity contribution in [2.45, 2.75) is 19.0 Å². The minimum absolute atomic E-state index is 0.112. The Kier molecular flexibility index (Phi) is 4.93. The minimum atomic E-state index is -0.839. The summed E-state index contributed by atoms with van der Waals surface area (Å²) in [5, 5.41) is 11.4.